The predicted molar refractivity (Wildman–Crippen MR) is 73.1 cm³/mol. The molecule has 0 radical (unpaired) electrons. The molecule has 1 unspecified atom stereocenters. The van der Waals surface area contributed by atoms with Crippen LogP contribution in [0.2, 0.25) is 0 Å². The first-order valence-corrected chi connectivity index (χ1v) is 6.50. The van der Waals surface area contributed by atoms with E-state index in [1.54, 1.807) is 13.8 Å². The lowest BCUT2D eigenvalue weighted by Gasteiger charge is -2.18. The highest BCUT2D eigenvalue weighted by molar-refractivity contribution is 9.10. The average Bonchev–Trinajstić information content (AvgIpc) is 2.33. The van der Waals surface area contributed by atoms with Crippen LogP contribution in [0.15, 0.2) is 22.7 Å². The fourth-order valence-electron chi connectivity index (χ4n) is 1.61. The van der Waals surface area contributed by atoms with E-state index in [4.69, 9.17) is 0 Å². The number of hydrogen-bond donors (Lipinski definition) is 1. The molecule has 0 saturated heterocycles. The van der Waals surface area contributed by atoms with Crippen LogP contribution in [0.5, 0.6) is 0 Å². The Morgan fingerprint density at radius 3 is 2.53 bits per heavy atom. The van der Waals surface area contributed by atoms with Crippen LogP contribution in [0.4, 0.5) is 10.1 Å². The predicted octanol–water partition coefficient (Wildman–Crippen LogP) is 2.97. The number of amides is 1. The molecule has 0 aromatic heterocycles. The molecule has 4 nitrogen and oxygen atoms in total. The van der Waals surface area contributed by atoms with Gasteiger partial charge >= 0.3 is 5.97 Å². The van der Waals surface area contributed by atoms with Crippen molar-refractivity contribution >= 4 is 33.5 Å². The van der Waals surface area contributed by atoms with Crippen LogP contribution in [0.25, 0.3) is 0 Å². The molecular formula is C13H15BrFNO3. The molecule has 6 heteroatoms. The van der Waals surface area contributed by atoms with E-state index in [2.05, 4.69) is 26.0 Å². The molecule has 1 N–H and O–H groups in total. The molecule has 0 aliphatic carbocycles. The highest BCUT2D eigenvalue weighted by atomic mass is 79.9. The van der Waals surface area contributed by atoms with Crippen LogP contribution in [0, 0.1) is 17.7 Å². The van der Waals surface area contributed by atoms with Gasteiger partial charge in [-0.15, -0.1) is 0 Å². The molecule has 1 atom stereocenters. The van der Waals surface area contributed by atoms with Crippen LogP contribution in [-0.2, 0) is 14.3 Å². The van der Waals surface area contributed by atoms with Gasteiger partial charge in [-0.05, 0) is 24.1 Å². The third-order valence-electron chi connectivity index (χ3n) is 2.59. The molecule has 0 saturated carbocycles. The van der Waals surface area contributed by atoms with Crippen molar-refractivity contribution in [3.05, 3.63) is 28.5 Å². The number of esters is 1. The van der Waals surface area contributed by atoms with Crippen molar-refractivity contribution < 1.29 is 18.7 Å². The quantitative estimate of drug-likeness (QED) is 0.681. The van der Waals surface area contributed by atoms with Gasteiger partial charge in [0.25, 0.3) is 0 Å². The lowest BCUT2D eigenvalue weighted by Crippen LogP contribution is -2.34. The number of ether oxygens (including phenoxy) is 1. The van der Waals surface area contributed by atoms with Crippen LogP contribution in [-0.4, -0.2) is 19.0 Å². The van der Waals surface area contributed by atoms with Crippen molar-refractivity contribution in [1.82, 2.24) is 0 Å². The molecule has 1 aromatic carbocycles. The molecule has 19 heavy (non-hydrogen) atoms. The van der Waals surface area contributed by atoms with Crippen molar-refractivity contribution in [2.75, 3.05) is 12.4 Å². The second kappa shape index (κ2) is 6.65. The van der Waals surface area contributed by atoms with Gasteiger partial charge in [-0.1, -0.05) is 29.8 Å². The number of anilines is 1. The monoisotopic (exact) mass is 331 g/mol. The number of hydrogen-bond acceptors (Lipinski definition) is 3. The first kappa shape index (κ1) is 15.6. The summed E-state index contributed by atoms with van der Waals surface area (Å²) >= 11 is 3.19. The summed E-state index contributed by atoms with van der Waals surface area (Å²) in [6, 6.07) is 4.18. The second-order valence-corrected chi connectivity index (χ2v) is 5.27. The van der Waals surface area contributed by atoms with Crippen LogP contribution >= 0.6 is 15.9 Å². The molecule has 0 aliphatic heterocycles. The number of halogens is 2. The fourth-order valence-corrected chi connectivity index (χ4v) is 1.97. The van der Waals surface area contributed by atoms with E-state index < -0.39 is 23.6 Å². The van der Waals surface area contributed by atoms with E-state index in [0.717, 1.165) is 0 Å². The minimum absolute atomic E-state index is 0.0222. The summed E-state index contributed by atoms with van der Waals surface area (Å²) in [6.45, 7) is 3.44. The van der Waals surface area contributed by atoms with Gasteiger partial charge in [-0.3, -0.25) is 9.59 Å². The van der Waals surface area contributed by atoms with E-state index in [1.807, 2.05) is 0 Å². The minimum Gasteiger partial charge on any atom is -0.468 e. The summed E-state index contributed by atoms with van der Waals surface area (Å²) in [5.74, 6) is -3.00. The number of benzene rings is 1. The molecule has 1 aromatic rings. The Hall–Kier alpha value is -1.43. The Bertz CT molecular complexity index is 491. The number of carbonyl (C=O) groups excluding carboxylic acids is 2. The Morgan fingerprint density at radius 1 is 1.37 bits per heavy atom. The third kappa shape index (κ3) is 4.02. The summed E-state index contributed by atoms with van der Waals surface area (Å²) < 4.78 is 18.7. The van der Waals surface area contributed by atoms with Gasteiger partial charge in [0.05, 0.1) is 12.8 Å². The first-order chi connectivity index (χ1) is 8.86. The zero-order chi connectivity index (χ0) is 14.6. The van der Waals surface area contributed by atoms with Crippen molar-refractivity contribution in [2.45, 2.75) is 13.8 Å². The second-order valence-electron chi connectivity index (χ2n) is 4.36. The summed E-state index contributed by atoms with van der Waals surface area (Å²) in [5, 5.41) is 2.40. The largest absolute Gasteiger partial charge is 0.468 e. The van der Waals surface area contributed by atoms with E-state index in [0.29, 0.717) is 4.47 Å². The Morgan fingerprint density at radius 2 is 2.00 bits per heavy atom. The first-order valence-electron chi connectivity index (χ1n) is 5.70. The lowest BCUT2D eigenvalue weighted by atomic mass is 9.95. The third-order valence-corrected chi connectivity index (χ3v) is 3.08. The van der Waals surface area contributed by atoms with E-state index in [1.165, 1.54) is 25.3 Å². The van der Waals surface area contributed by atoms with Gasteiger partial charge in [0.2, 0.25) is 5.91 Å². The number of rotatable bonds is 4. The Balaban J connectivity index is 2.93. The SMILES string of the molecule is COC(=O)C(C(=O)Nc1cc(Br)ccc1F)C(C)C. The topological polar surface area (TPSA) is 55.4 Å². The maximum atomic E-state index is 13.5. The smallest absolute Gasteiger partial charge is 0.318 e. The van der Waals surface area contributed by atoms with Crippen molar-refractivity contribution in [2.24, 2.45) is 11.8 Å². The molecule has 0 aliphatic rings. The Labute approximate surface area is 119 Å². The molecule has 0 spiro atoms. The van der Waals surface area contributed by atoms with Crippen LogP contribution in [0.3, 0.4) is 0 Å². The van der Waals surface area contributed by atoms with Gasteiger partial charge in [-0.25, -0.2) is 4.39 Å². The zero-order valence-corrected chi connectivity index (χ0v) is 12.5. The lowest BCUT2D eigenvalue weighted by molar-refractivity contribution is -0.150. The van der Waals surface area contributed by atoms with E-state index >= 15 is 0 Å². The van der Waals surface area contributed by atoms with Crippen molar-refractivity contribution in [1.29, 1.82) is 0 Å². The summed E-state index contributed by atoms with van der Waals surface area (Å²) in [4.78, 5) is 23.6. The van der Waals surface area contributed by atoms with Crippen molar-refractivity contribution in [3.63, 3.8) is 0 Å². The molecule has 0 fully saturated rings. The highest BCUT2D eigenvalue weighted by Gasteiger charge is 2.31. The van der Waals surface area contributed by atoms with Gasteiger partial charge in [0, 0.05) is 4.47 Å². The van der Waals surface area contributed by atoms with Crippen molar-refractivity contribution in [3.8, 4) is 0 Å². The Kier molecular flexibility index (Phi) is 5.47. The summed E-state index contributed by atoms with van der Waals surface area (Å²) in [5.41, 5.74) is 0.0222. The maximum absolute atomic E-state index is 13.5. The summed E-state index contributed by atoms with van der Waals surface area (Å²) in [7, 11) is 1.21. The molecule has 104 valence electrons. The standard InChI is InChI=1S/C13H15BrFNO3/c1-7(2)11(13(18)19-3)12(17)16-10-6-8(14)4-5-9(10)15/h4-7,11H,1-3H3,(H,16,17). The summed E-state index contributed by atoms with van der Waals surface area (Å²) in [6.07, 6.45) is 0. The maximum Gasteiger partial charge on any atom is 0.318 e. The van der Waals surface area contributed by atoms with Crippen LogP contribution in [0.1, 0.15) is 13.8 Å². The highest BCUT2D eigenvalue weighted by Crippen LogP contribution is 2.22. The number of nitrogens with one attached hydrogen (secondary N) is 1. The van der Waals surface area contributed by atoms with Gasteiger partial charge in [0.1, 0.15) is 11.7 Å². The van der Waals surface area contributed by atoms with Crippen LogP contribution < -0.4 is 5.32 Å². The van der Waals surface area contributed by atoms with Gasteiger partial charge in [0.15, 0.2) is 0 Å². The molecule has 0 bridgehead atoms. The molecule has 1 amide bonds. The van der Waals surface area contributed by atoms with E-state index in [9.17, 15) is 14.0 Å². The van der Waals surface area contributed by atoms with E-state index in [-0.39, 0.29) is 11.6 Å². The molecule has 1 rings (SSSR count). The molecular weight excluding hydrogens is 317 g/mol. The number of carbonyl (C=O) groups is 2. The average molecular weight is 332 g/mol. The normalized spacial score (nSPS) is 12.1. The minimum atomic E-state index is -0.969. The molecule has 0 heterocycles. The van der Waals surface area contributed by atoms with Gasteiger partial charge < -0.3 is 10.1 Å². The zero-order valence-electron chi connectivity index (χ0n) is 10.9. The fraction of sp³-hybridized carbons (Fsp3) is 0.385. The number of methoxy groups -OCH3 is 1. The van der Waals surface area contributed by atoms with Gasteiger partial charge in [-0.2, -0.15) is 0 Å².